The minimum atomic E-state index is -0.486. The highest BCUT2D eigenvalue weighted by molar-refractivity contribution is 5.96. The van der Waals surface area contributed by atoms with E-state index in [9.17, 15) is 9.59 Å². The van der Waals surface area contributed by atoms with Crippen LogP contribution in [0.4, 0.5) is 11.4 Å². The molecule has 100 valence electrons. The molecule has 1 rings (SSSR count). The quantitative estimate of drug-likeness (QED) is 0.875. The van der Waals surface area contributed by atoms with Gasteiger partial charge in [0, 0.05) is 16.8 Å². The summed E-state index contributed by atoms with van der Waals surface area (Å²) in [7, 11) is 0. The summed E-state index contributed by atoms with van der Waals surface area (Å²) in [4.78, 5) is 23.1. The average molecular weight is 259 g/mol. The first-order chi connectivity index (χ1) is 8.82. The Balaban J connectivity index is 2.76. The second kappa shape index (κ2) is 6.01. The number of carbonyl (C=O) groups is 2. The Morgan fingerprint density at radius 2 is 1.79 bits per heavy atom. The van der Waals surface area contributed by atoms with Crippen molar-refractivity contribution in [1.29, 1.82) is 5.26 Å². The molecule has 0 spiro atoms. The van der Waals surface area contributed by atoms with E-state index >= 15 is 0 Å². The van der Waals surface area contributed by atoms with Crippen LogP contribution in [0.25, 0.3) is 0 Å². The predicted molar refractivity (Wildman–Crippen MR) is 73.4 cm³/mol. The van der Waals surface area contributed by atoms with Gasteiger partial charge in [-0.05, 0) is 18.2 Å². The summed E-state index contributed by atoms with van der Waals surface area (Å²) in [5.41, 5.74) is 0.668. The molecular formula is C14H17N3O2. The third-order valence-electron chi connectivity index (χ3n) is 2.32. The highest BCUT2D eigenvalue weighted by atomic mass is 16.2. The molecule has 2 amide bonds. The summed E-state index contributed by atoms with van der Waals surface area (Å²) < 4.78 is 0. The monoisotopic (exact) mass is 259 g/mol. The zero-order valence-corrected chi connectivity index (χ0v) is 11.3. The van der Waals surface area contributed by atoms with Crippen LogP contribution in [-0.2, 0) is 9.59 Å². The van der Waals surface area contributed by atoms with Crippen molar-refractivity contribution in [3.63, 3.8) is 0 Å². The fourth-order valence-corrected chi connectivity index (χ4v) is 1.27. The summed E-state index contributed by atoms with van der Waals surface area (Å²) in [5.74, 6) is -0.477. The van der Waals surface area contributed by atoms with Crippen molar-refractivity contribution >= 4 is 23.2 Å². The van der Waals surface area contributed by atoms with Gasteiger partial charge >= 0.3 is 0 Å². The van der Waals surface area contributed by atoms with Crippen LogP contribution in [0.5, 0.6) is 0 Å². The maximum atomic E-state index is 11.8. The lowest BCUT2D eigenvalue weighted by Crippen LogP contribution is -2.27. The molecule has 1 aromatic carbocycles. The number of carbonyl (C=O) groups excluding carboxylic acids is 2. The Labute approximate surface area is 112 Å². The van der Waals surface area contributed by atoms with E-state index in [1.54, 1.807) is 30.3 Å². The van der Waals surface area contributed by atoms with Gasteiger partial charge in [0.2, 0.25) is 11.8 Å². The zero-order valence-electron chi connectivity index (χ0n) is 11.3. The maximum Gasteiger partial charge on any atom is 0.238 e. The topological polar surface area (TPSA) is 82.0 Å². The third kappa shape index (κ3) is 4.80. The molecule has 5 heteroatoms. The number of hydrogen-bond donors (Lipinski definition) is 2. The molecule has 0 atom stereocenters. The molecule has 1 aromatic rings. The Bertz CT molecular complexity index is 524. The molecule has 0 aliphatic carbocycles. The normalized spacial score (nSPS) is 10.4. The summed E-state index contributed by atoms with van der Waals surface area (Å²) in [6, 6.07) is 8.58. The van der Waals surface area contributed by atoms with Gasteiger partial charge in [0.15, 0.2) is 0 Å². The van der Waals surface area contributed by atoms with E-state index in [4.69, 9.17) is 5.26 Å². The molecule has 19 heavy (non-hydrogen) atoms. The molecule has 0 aliphatic rings. The highest BCUT2D eigenvalue weighted by Gasteiger charge is 2.21. The molecule has 0 aromatic heterocycles. The summed E-state index contributed by atoms with van der Waals surface area (Å²) in [6.45, 7) is 5.46. The fraction of sp³-hybridized carbons (Fsp3) is 0.357. The van der Waals surface area contributed by atoms with Crippen LogP contribution in [0.15, 0.2) is 24.3 Å². The van der Waals surface area contributed by atoms with Gasteiger partial charge in [-0.1, -0.05) is 26.8 Å². The Morgan fingerprint density at radius 3 is 2.32 bits per heavy atom. The standard InChI is InChI=1S/C14H17N3O2/c1-14(2,3)13(19)17-11-6-4-5-10(9-11)16-12(18)7-8-15/h4-6,9H,7H2,1-3H3,(H,16,18)(H,17,19). The summed E-state index contributed by atoms with van der Waals surface area (Å²) in [5, 5.41) is 13.8. The number of nitrogens with one attached hydrogen (secondary N) is 2. The van der Waals surface area contributed by atoms with Crippen LogP contribution in [0, 0.1) is 16.7 Å². The smallest absolute Gasteiger partial charge is 0.238 e. The van der Waals surface area contributed by atoms with Crippen molar-refractivity contribution in [3.05, 3.63) is 24.3 Å². The summed E-state index contributed by atoms with van der Waals surface area (Å²) >= 11 is 0. The van der Waals surface area contributed by atoms with Gasteiger partial charge in [-0.3, -0.25) is 9.59 Å². The van der Waals surface area contributed by atoms with Crippen molar-refractivity contribution in [2.24, 2.45) is 5.41 Å². The van der Waals surface area contributed by atoms with Gasteiger partial charge < -0.3 is 10.6 Å². The zero-order chi connectivity index (χ0) is 14.5. The molecule has 0 heterocycles. The summed E-state index contributed by atoms with van der Waals surface area (Å²) in [6.07, 6.45) is -0.196. The van der Waals surface area contributed by atoms with Crippen molar-refractivity contribution < 1.29 is 9.59 Å². The number of rotatable bonds is 3. The molecule has 0 fully saturated rings. The van der Waals surface area contributed by atoms with Gasteiger partial charge in [0.25, 0.3) is 0 Å². The number of amides is 2. The van der Waals surface area contributed by atoms with E-state index in [0.717, 1.165) is 0 Å². The van der Waals surface area contributed by atoms with Crippen molar-refractivity contribution in [2.45, 2.75) is 27.2 Å². The first-order valence-electron chi connectivity index (χ1n) is 5.91. The number of benzene rings is 1. The highest BCUT2D eigenvalue weighted by Crippen LogP contribution is 2.20. The molecule has 0 bridgehead atoms. The lowest BCUT2D eigenvalue weighted by atomic mass is 9.95. The third-order valence-corrected chi connectivity index (χ3v) is 2.32. The van der Waals surface area contributed by atoms with Crippen LogP contribution >= 0.6 is 0 Å². The van der Waals surface area contributed by atoms with Gasteiger partial charge in [-0.25, -0.2) is 0 Å². The first-order valence-corrected chi connectivity index (χ1v) is 5.91. The van der Waals surface area contributed by atoms with E-state index in [0.29, 0.717) is 11.4 Å². The minimum absolute atomic E-state index is 0.104. The Morgan fingerprint density at radius 1 is 1.21 bits per heavy atom. The molecule has 0 unspecified atom stereocenters. The molecule has 0 saturated heterocycles. The van der Waals surface area contributed by atoms with Crippen LogP contribution < -0.4 is 10.6 Å². The first kappa shape index (κ1) is 14.7. The van der Waals surface area contributed by atoms with Gasteiger partial charge in [-0.2, -0.15) is 5.26 Å². The molecule has 0 aliphatic heterocycles. The molecule has 5 nitrogen and oxygen atoms in total. The van der Waals surface area contributed by atoms with Gasteiger partial charge in [-0.15, -0.1) is 0 Å². The van der Waals surface area contributed by atoms with Crippen LogP contribution in [0.2, 0.25) is 0 Å². The second-order valence-corrected chi connectivity index (χ2v) is 5.17. The Hall–Kier alpha value is -2.35. The minimum Gasteiger partial charge on any atom is -0.326 e. The van der Waals surface area contributed by atoms with Gasteiger partial charge in [0.1, 0.15) is 6.42 Å². The number of hydrogen-bond acceptors (Lipinski definition) is 3. The van der Waals surface area contributed by atoms with E-state index < -0.39 is 5.41 Å². The lowest BCUT2D eigenvalue weighted by Gasteiger charge is -2.18. The molecule has 2 N–H and O–H groups in total. The largest absolute Gasteiger partial charge is 0.326 e. The van der Waals surface area contributed by atoms with Crippen LogP contribution in [-0.4, -0.2) is 11.8 Å². The van der Waals surface area contributed by atoms with Crippen LogP contribution in [0.1, 0.15) is 27.2 Å². The second-order valence-electron chi connectivity index (χ2n) is 5.17. The molecule has 0 radical (unpaired) electrons. The Kier molecular flexibility index (Phi) is 4.65. The molecule has 0 saturated carbocycles. The van der Waals surface area contributed by atoms with E-state index in [2.05, 4.69) is 10.6 Å². The van der Waals surface area contributed by atoms with E-state index in [1.165, 1.54) is 0 Å². The SMILES string of the molecule is CC(C)(C)C(=O)Nc1cccc(NC(=O)CC#N)c1. The van der Waals surface area contributed by atoms with Gasteiger partial charge in [0.05, 0.1) is 6.07 Å². The van der Waals surface area contributed by atoms with Crippen LogP contribution in [0.3, 0.4) is 0 Å². The number of anilines is 2. The van der Waals surface area contributed by atoms with Crippen molar-refractivity contribution in [3.8, 4) is 6.07 Å². The average Bonchev–Trinajstić information content (AvgIpc) is 2.28. The number of nitrogens with zero attached hydrogens (tertiary/aromatic N) is 1. The fourth-order valence-electron chi connectivity index (χ4n) is 1.27. The van der Waals surface area contributed by atoms with E-state index in [1.807, 2.05) is 20.8 Å². The molecular weight excluding hydrogens is 242 g/mol. The van der Waals surface area contributed by atoms with Crippen molar-refractivity contribution in [1.82, 2.24) is 0 Å². The lowest BCUT2D eigenvalue weighted by molar-refractivity contribution is -0.123. The maximum absolute atomic E-state index is 11.8. The van der Waals surface area contributed by atoms with E-state index in [-0.39, 0.29) is 18.2 Å². The predicted octanol–water partition coefficient (Wildman–Crippen LogP) is 2.52. The van der Waals surface area contributed by atoms with Crippen molar-refractivity contribution in [2.75, 3.05) is 10.6 Å². The number of nitriles is 1.